The minimum Gasteiger partial charge on any atom is -0.497 e. The minimum absolute atomic E-state index is 0.0758. The van der Waals surface area contributed by atoms with Gasteiger partial charge in [-0.2, -0.15) is 4.31 Å². The number of methoxy groups -OCH3 is 1. The van der Waals surface area contributed by atoms with Gasteiger partial charge in [0.1, 0.15) is 11.6 Å². The highest BCUT2D eigenvalue weighted by atomic mass is 32.2. The van der Waals surface area contributed by atoms with Crippen molar-refractivity contribution in [2.24, 2.45) is 7.05 Å². The summed E-state index contributed by atoms with van der Waals surface area (Å²) in [7, 11) is -0.284. The molecule has 164 valence electrons. The van der Waals surface area contributed by atoms with Crippen LogP contribution in [0.2, 0.25) is 0 Å². The normalized spacial score (nSPS) is 17.0. The van der Waals surface area contributed by atoms with Crippen LogP contribution < -0.4 is 10.3 Å². The second-order valence-corrected chi connectivity index (χ2v) is 9.58. The van der Waals surface area contributed by atoms with E-state index in [1.807, 2.05) is 25.1 Å². The molecule has 1 fully saturated rings. The van der Waals surface area contributed by atoms with E-state index in [4.69, 9.17) is 9.72 Å². The molecule has 9 heteroatoms. The molecule has 8 nitrogen and oxygen atoms in total. The van der Waals surface area contributed by atoms with Crippen LogP contribution in [0, 0.1) is 0 Å². The van der Waals surface area contributed by atoms with Crippen LogP contribution in [0.1, 0.15) is 18.8 Å². The lowest BCUT2D eigenvalue weighted by molar-refractivity contribution is 0.139. The summed E-state index contributed by atoms with van der Waals surface area (Å²) >= 11 is 0. The van der Waals surface area contributed by atoms with Gasteiger partial charge in [-0.15, -0.1) is 0 Å². The van der Waals surface area contributed by atoms with Crippen molar-refractivity contribution < 1.29 is 13.2 Å². The topological polar surface area (TPSA) is 84.7 Å². The van der Waals surface area contributed by atoms with E-state index >= 15 is 0 Å². The van der Waals surface area contributed by atoms with E-state index in [2.05, 4.69) is 4.90 Å². The molecule has 1 unspecified atom stereocenters. The summed E-state index contributed by atoms with van der Waals surface area (Å²) in [6.45, 7) is 3.86. The first-order valence-electron chi connectivity index (χ1n) is 10.2. The summed E-state index contributed by atoms with van der Waals surface area (Å²) in [5.74, 6) is 1.29. The Hall–Kier alpha value is -2.75. The van der Waals surface area contributed by atoms with Gasteiger partial charge in [0.15, 0.2) is 0 Å². The molecule has 0 saturated carbocycles. The third kappa shape index (κ3) is 3.96. The van der Waals surface area contributed by atoms with Crippen molar-refractivity contribution in [1.29, 1.82) is 0 Å². The summed E-state index contributed by atoms with van der Waals surface area (Å²) in [4.78, 5) is 19.9. The first-order valence-corrected chi connectivity index (χ1v) is 11.6. The van der Waals surface area contributed by atoms with Gasteiger partial charge < -0.3 is 4.74 Å². The number of hydrogen-bond acceptors (Lipinski definition) is 6. The fraction of sp³-hybridized carbons (Fsp3) is 0.364. The van der Waals surface area contributed by atoms with Crippen molar-refractivity contribution in [2.75, 3.05) is 33.3 Å². The van der Waals surface area contributed by atoms with Crippen LogP contribution in [-0.2, 0) is 17.1 Å². The Morgan fingerprint density at radius 1 is 1.00 bits per heavy atom. The average molecular weight is 443 g/mol. The Morgan fingerprint density at radius 2 is 1.65 bits per heavy atom. The minimum atomic E-state index is -3.56. The number of aromatic nitrogens is 2. The first kappa shape index (κ1) is 21.5. The molecule has 1 aromatic heterocycles. The van der Waals surface area contributed by atoms with Gasteiger partial charge in [0.25, 0.3) is 5.56 Å². The Balaban J connectivity index is 1.51. The van der Waals surface area contributed by atoms with Crippen LogP contribution in [0.5, 0.6) is 5.75 Å². The number of para-hydroxylation sites is 1. The quantitative estimate of drug-likeness (QED) is 0.601. The highest BCUT2D eigenvalue weighted by molar-refractivity contribution is 7.89. The summed E-state index contributed by atoms with van der Waals surface area (Å²) < 4.78 is 34.2. The highest BCUT2D eigenvalue weighted by Crippen LogP contribution is 2.24. The van der Waals surface area contributed by atoms with E-state index in [1.165, 1.54) is 4.31 Å². The van der Waals surface area contributed by atoms with Crippen LogP contribution in [-0.4, -0.2) is 60.5 Å². The van der Waals surface area contributed by atoms with Gasteiger partial charge >= 0.3 is 0 Å². The molecule has 0 aliphatic carbocycles. The lowest BCUT2D eigenvalue weighted by atomic mass is 10.2. The third-order valence-corrected chi connectivity index (χ3v) is 7.82. The zero-order valence-corrected chi connectivity index (χ0v) is 18.7. The fourth-order valence-corrected chi connectivity index (χ4v) is 5.42. The second kappa shape index (κ2) is 8.41. The zero-order valence-electron chi connectivity index (χ0n) is 17.9. The Morgan fingerprint density at radius 3 is 2.29 bits per heavy atom. The maximum Gasteiger partial charge on any atom is 0.261 e. The number of fused-ring (bicyclic) bond motifs is 1. The lowest BCUT2D eigenvalue weighted by Gasteiger charge is -2.37. The monoisotopic (exact) mass is 442 g/mol. The van der Waals surface area contributed by atoms with Crippen LogP contribution in [0.25, 0.3) is 10.9 Å². The molecule has 2 aromatic carbocycles. The van der Waals surface area contributed by atoms with Crippen molar-refractivity contribution in [3.05, 3.63) is 64.7 Å². The van der Waals surface area contributed by atoms with Crippen molar-refractivity contribution in [3.63, 3.8) is 0 Å². The number of benzene rings is 2. The number of hydrogen-bond donors (Lipinski definition) is 0. The number of ether oxygens (including phenoxy) is 1. The van der Waals surface area contributed by atoms with Crippen molar-refractivity contribution in [3.8, 4) is 5.75 Å². The molecule has 0 bridgehead atoms. The van der Waals surface area contributed by atoms with Gasteiger partial charge in [0.2, 0.25) is 10.0 Å². The van der Waals surface area contributed by atoms with Gasteiger partial charge in [-0.1, -0.05) is 12.1 Å². The number of nitrogens with zero attached hydrogens (tertiary/aromatic N) is 4. The van der Waals surface area contributed by atoms with E-state index in [1.54, 1.807) is 49.1 Å². The van der Waals surface area contributed by atoms with Crippen molar-refractivity contribution in [2.45, 2.75) is 17.9 Å². The highest BCUT2D eigenvalue weighted by Gasteiger charge is 2.31. The number of piperazine rings is 1. The zero-order chi connectivity index (χ0) is 22.2. The Bertz CT molecular complexity index is 1250. The third-order valence-electron chi connectivity index (χ3n) is 5.91. The van der Waals surface area contributed by atoms with E-state index in [-0.39, 0.29) is 16.5 Å². The summed E-state index contributed by atoms with van der Waals surface area (Å²) in [6, 6.07) is 13.6. The Kier molecular flexibility index (Phi) is 5.83. The molecular formula is C22H26N4O4S. The predicted octanol–water partition coefficient (Wildman–Crippen LogP) is 2.01. The van der Waals surface area contributed by atoms with Gasteiger partial charge in [0, 0.05) is 33.2 Å². The molecule has 0 amide bonds. The lowest BCUT2D eigenvalue weighted by Crippen LogP contribution is -2.49. The second-order valence-electron chi connectivity index (χ2n) is 7.64. The van der Waals surface area contributed by atoms with Gasteiger partial charge in [-0.25, -0.2) is 13.4 Å². The molecule has 4 rings (SSSR count). The van der Waals surface area contributed by atoms with Crippen molar-refractivity contribution >= 4 is 20.9 Å². The number of rotatable bonds is 5. The average Bonchev–Trinajstić information content (AvgIpc) is 2.81. The smallest absolute Gasteiger partial charge is 0.261 e. The summed E-state index contributed by atoms with van der Waals surface area (Å²) in [6.07, 6.45) is 0. The molecule has 0 radical (unpaired) electrons. The van der Waals surface area contributed by atoms with E-state index in [0.717, 1.165) is 0 Å². The molecule has 0 N–H and O–H groups in total. The maximum atomic E-state index is 13.0. The standard InChI is InChI=1S/C22H26N4O4S/c1-16(21-23-20-7-5-4-6-19(20)22(27)24(21)2)25-12-14-26(15-13-25)31(28,29)18-10-8-17(30-3)9-11-18/h4-11,16H,12-15H2,1-3H3. The van der Waals surface area contributed by atoms with Gasteiger partial charge in [0.05, 0.1) is 29.0 Å². The van der Waals surface area contributed by atoms with E-state index in [0.29, 0.717) is 48.7 Å². The molecule has 1 atom stereocenters. The van der Waals surface area contributed by atoms with Crippen LogP contribution >= 0.6 is 0 Å². The predicted molar refractivity (Wildman–Crippen MR) is 119 cm³/mol. The van der Waals surface area contributed by atoms with Gasteiger partial charge in [-0.3, -0.25) is 14.3 Å². The largest absolute Gasteiger partial charge is 0.497 e. The summed E-state index contributed by atoms with van der Waals surface area (Å²) in [5.41, 5.74) is 0.598. The molecular weight excluding hydrogens is 416 g/mol. The maximum absolute atomic E-state index is 13.0. The first-order chi connectivity index (χ1) is 14.8. The van der Waals surface area contributed by atoms with Gasteiger partial charge in [-0.05, 0) is 43.3 Å². The Labute approximate surface area is 181 Å². The molecule has 0 spiro atoms. The van der Waals surface area contributed by atoms with Crippen LogP contribution in [0.15, 0.2) is 58.2 Å². The molecule has 2 heterocycles. The van der Waals surface area contributed by atoms with Crippen molar-refractivity contribution in [1.82, 2.24) is 18.8 Å². The number of sulfonamides is 1. The molecule has 1 aliphatic heterocycles. The molecule has 31 heavy (non-hydrogen) atoms. The van der Waals surface area contributed by atoms with E-state index < -0.39 is 10.0 Å². The summed E-state index contributed by atoms with van der Waals surface area (Å²) in [5, 5.41) is 0.594. The molecule has 3 aromatic rings. The SMILES string of the molecule is COc1ccc(S(=O)(=O)N2CCN(C(C)c3nc4ccccc4c(=O)n3C)CC2)cc1. The van der Waals surface area contributed by atoms with E-state index in [9.17, 15) is 13.2 Å². The molecule has 1 aliphatic rings. The van der Waals surface area contributed by atoms with Crippen LogP contribution in [0.3, 0.4) is 0 Å². The van der Waals surface area contributed by atoms with Crippen LogP contribution in [0.4, 0.5) is 0 Å². The molecule has 1 saturated heterocycles. The fourth-order valence-electron chi connectivity index (χ4n) is 4.00.